The Morgan fingerprint density at radius 2 is 1.74 bits per heavy atom. The first-order valence-corrected chi connectivity index (χ1v) is 13.3. The van der Waals surface area contributed by atoms with E-state index < -0.39 is 16.7 Å². The molecule has 0 atom stereocenters. The second-order valence-electron chi connectivity index (χ2n) is 9.67. The summed E-state index contributed by atoms with van der Waals surface area (Å²) in [6.07, 6.45) is 1.86. The van der Waals surface area contributed by atoms with Gasteiger partial charge in [0.15, 0.2) is 0 Å². The van der Waals surface area contributed by atoms with Gasteiger partial charge < -0.3 is 9.64 Å². The van der Waals surface area contributed by atoms with E-state index in [1.54, 1.807) is 41.1 Å². The molecule has 0 bridgehead atoms. The van der Waals surface area contributed by atoms with Crippen LogP contribution in [-0.2, 0) is 0 Å². The van der Waals surface area contributed by atoms with Gasteiger partial charge in [0.2, 0.25) is 0 Å². The van der Waals surface area contributed by atoms with Crippen molar-refractivity contribution in [3.8, 4) is 11.4 Å². The zero-order valence-electron chi connectivity index (χ0n) is 21.5. The number of carbonyl (C=O) groups is 2. The van der Waals surface area contributed by atoms with E-state index in [0.717, 1.165) is 33.6 Å². The number of anilines is 2. The molecule has 4 aromatic rings. The maximum absolute atomic E-state index is 13.9. The number of methoxy groups -OCH3 is 1. The van der Waals surface area contributed by atoms with Crippen LogP contribution >= 0.6 is 15.9 Å². The highest BCUT2D eigenvalue weighted by Crippen LogP contribution is 2.44. The summed E-state index contributed by atoms with van der Waals surface area (Å²) in [6.45, 7) is 5.17. The number of amides is 2. The molecule has 39 heavy (non-hydrogen) atoms. The van der Waals surface area contributed by atoms with Crippen molar-refractivity contribution in [2.24, 2.45) is 0 Å². The lowest BCUT2D eigenvalue weighted by Crippen LogP contribution is -2.40. The molecule has 0 aliphatic carbocycles. The molecule has 3 heterocycles. The van der Waals surface area contributed by atoms with Crippen LogP contribution in [0.1, 0.15) is 44.9 Å². The lowest BCUT2D eigenvalue weighted by molar-refractivity contribution is -0.384. The molecule has 2 amide bonds. The summed E-state index contributed by atoms with van der Waals surface area (Å²) >= 11 is 3.54. The van der Waals surface area contributed by atoms with E-state index in [-0.39, 0.29) is 11.3 Å². The molecule has 6 rings (SSSR count). The first kappa shape index (κ1) is 25.1. The maximum atomic E-state index is 13.9. The van der Waals surface area contributed by atoms with Crippen LogP contribution in [0.25, 0.3) is 16.5 Å². The summed E-state index contributed by atoms with van der Waals surface area (Å²) in [6, 6.07) is 11.4. The Kier molecular flexibility index (Phi) is 5.91. The predicted molar refractivity (Wildman–Crippen MR) is 150 cm³/mol. The molecule has 0 spiro atoms. The largest absolute Gasteiger partial charge is 0.494 e. The van der Waals surface area contributed by atoms with Crippen molar-refractivity contribution >= 4 is 55.6 Å². The van der Waals surface area contributed by atoms with Crippen molar-refractivity contribution < 1.29 is 19.2 Å². The molecule has 0 radical (unpaired) electrons. The van der Waals surface area contributed by atoms with Gasteiger partial charge in [-0.1, -0.05) is 12.1 Å². The Morgan fingerprint density at radius 3 is 2.38 bits per heavy atom. The van der Waals surface area contributed by atoms with Crippen LogP contribution < -0.4 is 14.5 Å². The molecule has 11 heteroatoms. The third-order valence-electron chi connectivity index (χ3n) is 7.45. The molecule has 1 saturated heterocycles. The number of nitro benzene ring substituents is 1. The number of rotatable bonds is 5. The van der Waals surface area contributed by atoms with E-state index in [9.17, 15) is 19.7 Å². The van der Waals surface area contributed by atoms with Crippen LogP contribution in [-0.4, -0.2) is 46.7 Å². The standard InChI is InChI=1S/C28H24BrN5O5/c1-15-25(29)16(2)33(30-15)21-10-9-17(13-23(21)39-3)32-27(35)19-8-6-7-18-24(19)20(28(32)36)14-22(34(37)38)26(18)31-11-4-5-12-31/h6-10,13-14H,4-5,11-12H2,1-3H3. The first-order chi connectivity index (χ1) is 18.7. The van der Waals surface area contributed by atoms with E-state index in [0.29, 0.717) is 52.2 Å². The minimum atomic E-state index is -0.622. The van der Waals surface area contributed by atoms with Gasteiger partial charge >= 0.3 is 0 Å². The summed E-state index contributed by atoms with van der Waals surface area (Å²) in [7, 11) is 1.50. The number of hydrogen-bond donors (Lipinski definition) is 0. The molecule has 10 nitrogen and oxygen atoms in total. The number of carbonyl (C=O) groups excluding carboxylic acids is 2. The fraction of sp³-hybridized carbons (Fsp3) is 0.250. The van der Waals surface area contributed by atoms with Crippen molar-refractivity contribution in [2.75, 3.05) is 30.0 Å². The van der Waals surface area contributed by atoms with Crippen molar-refractivity contribution in [3.63, 3.8) is 0 Å². The number of hydrogen-bond acceptors (Lipinski definition) is 7. The predicted octanol–water partition coefficient (Wildman–Crippen LogP) is 5.72. The monoisotopic (exact) mass is 589 g/mol. The fourth-order valence-electron chi connectivity index (χ4n) is 5.62. The molecule has 2 aliphatic heterocycles. The number of nitro groups is 1. The van der Waals surface area contributed by atoms with Gasteiger partial charge in [-0.15, -0.1) is 0 Å². The van der Waals surface area contributed by atoms with Crippen molar-refractivity contribution in [1.29, 1.82) is 0 Å². The topological polar surface area (TPSA) is 111 Å². The Balaban J connectivity index is 1.51. The van der Waals surface area contributed by atoms with Crippen molar-refractivity contribution in [2.45, 2.75) is 26.7 Å². The maximum Gasteiger partial charge on any atom is 0.293 e. The molecule has 1 aromatic heterocycles. The Labute approximate surface area is 232 Å². The van der Waals surface area contributed by atoms with Crippen LogP contribution in [0.2, 0.25) is 0 Å². The summed E-state index contributed by atoms with van der Waals surface area (Å²) in [5.74, 6) is -0.711. The van der Waals surface area contributed by atoms with Gasteiger partial charge in [-0.3, -0.25) is 19.7 Å². The molecule has 0 saturated carbocycles. The van der Waals surface area contributed by atoms with Gasteiger partial charge in [0, 0.05) is 41.6 Å². The van der Waals surface area contributed by atoms with Gasteiger partial charge in [0.25, 0.3) is 17.5 Å². The van der Waals surface area contributed by atoms with Gasteiger partial charge in [-0.25, -0.2) is 9.58 Å². The molecular weight excluding hydrogens is 566 g/mol. The third-order valence-corrected chi connectivity index (χ3v) is 8.60. The summed E-state index contributed by atoms with van der Waals surface area (Å²) < 4.78 is 8.23. The molecule has 0 unspecified atom stereocenters. The molecule has 3 aromatic carbocycles. The number of aromatic nitrogens is 2. The van der Waals surface area contributed by atoms with Crippen LogP contribution in [0.3, 0.4) is 0 Å². The SMILES string of the molecule is COc1cc(N2C(=O)c3cccc4c(N5CCCC5)c([N+](=O)[O-])cc(c34)C2=O)ccc1-n1nc(C)c(Br)c1C. The van der Waals surface area contributed by atoms with E-state index >= 15 is 0 Å². The fourth-order valence-corrected chi connectivity index (χ4v) is 5.87. The number of halogens is 1. The van der Waals surface area contributed by atoms with Gasteiger partial charge in [0.05, 0.1) is 39.1 Å². The average Bonchev–Trinajstić information content (AvgIpc) is 3.55. The minimum absolute atomic E-state index is 0.125. The lowest BCUT2D eigenvalue weighted by Gasteiger charge is -2.29. The van der Waals surface area contributed by atoms with Crippen LogP contribution in [0.4, 0.5) is 17.1 Å². The van der Waals surface area contributed by atoms with E-state index in [1.807, 2.05) is 18.7 Å². The van der Waals surface area contributed by atoms with Gasteiger partial charge in [-0.2, -0.15) is 5.10 Å². The second kappa shape index (κ2) is 9.19. The minimum Gasteiger partial charge on any atom is -0.494 e. The van der Waals surface area contributed by atoms with E-state index in [1.165, 1.54) is 13.2 Å². The summed E-state index contributed by atoms with van der Waals surface area (Å²) in [4.78, 5) is 42.5. The Bertz CT molecular complexity index is 1720. The third kappa shape index (κ3) is 3.71. The van der Waals surface area contributed by atoms with Crippen molar-refractivity contribution in [3.05, 3.63) is 79.6 Å². The number of aryl methyl sites for hydroxylation is 1. The summed E-state index contributed by atoms with van der Waals surface area (Å²) in [5.41, 5.74) is 3.38. The van der Waals surface area contributed by atoms with E-state index in [4.69, 9.17) is 4.74 Å². The van der Waals surface area contributed by atoms with Crippen LogP contribution in [0.15, 0.2) is 46.9 Å². The first-order valence-electron chi connectivity index (χ1n) is 12.5. The highest BCUT2D eigenvalue weighted by molar-refractivity contribution is 9.10. The zero-order valence-corrected chi connectivity index (χ0v) is 23.1. The van der Waals surface area contributed by atoms with Gasteiger partial charge in [-0.05, 0) is 60.8 Å². The number of benzene rings is 3. The molecule has 2 aliphatic rings. The molecule has 198 valence electrons. The number of nitrogens with zero attached hydrogens (tertiary/aromatic N) is 5. The number of imide groups is 1. The Morgan fingerprint density at radius 1 is 1.03 bits per heavy atom. The zero-order chi connectivity index (χ0) is 27.6. The van der Waals surface area contributed by atoms with Crippen LogP contribution in [0, 0.1) is 24.0 Å². The lowest BCUT2D eigenvalue weighted by atomic mass is 9.91. The van der Waals surface area contributed by atoms with E-state index in [2.05, 4.69) is 21.0 Å². The normalized spacial score (nSPS) is 15.0. The average molecular weight is 590 g/mol. The highest BCUT2D eigenvalue weighted by atomic mass is 79.9. The van der Waals surface area contributed by atoms with Crippen LogP contribution in [0.5, 0.6) is 5.75 Å². The molecule has 0 N–H and O–H groups in total. The molecule has 1 fully saturated rings. The number of ether oxygens (including phenoxy) is 1. The summed E-state index contributed by atoms with van der Waals surface area (Å²) in [5, 5.41) is 17.7. The highest BCUT2D eigenvalue weighted by Gasteiger charge is 2.38. The smallest absolute Gasteiger partial charge is 0.293 e. The Hall–Kier alpha value is -4.25. The second-order valence-corrected chi connectivity index (χ2v) is 10.5. The molecular formula is C28H24BrN5O5. The van der Waals surface area contributed by atoms with Crippen molar-refractivity contribution in [1.82, 2.24) is 9.78 Å². The van der Waals surface area contributed by atoms with Gasteiger partial charge in [0.1, 0.15) is 17.1 Å². The quantitative estimate of drug-likeness (QED) is 0.166.